The lowest BCUT2D eigenvalue weighted by atomic mass is 10.6. The van der Waals surface area contributed by atoms with Crippen LogP contribution in [0.25, 0.3) is 0 Å². The molecule has 0 aromatic heterocycles. The summed E-state index contributed by atoms with van der Waals surface area (Å²) in [6, 6.07) is 0. The molecule has 0 saturated heterocycles. The summed E-state index contributed by atoms with van der Waals surface area (Å²) < 4.78 is 10.7. The van der Waals surface area contributed by atoms with E-state index in [1.165, 1.54) is 6.42 Å². The minimum Gasteiger partial charge on any atom is -0.251 e. The van der Waals surface area contributed by atoms with Crippen molar-refractivity contribution in [1.82, 2.24) is 0 Å². The summed E-state index contributed by atoms with van der Waals surface area (Å²) >= 11 is 0. The fourth-order valence-corrected chi connectivity index (χ4v) is 0. The van der Waals surface area contributed by atoms with Gasteiger partial charge in [0.25, 0.3) is 0 Å². The molecule has 0 unspecified atom stereocenters. The Balaban J connectivity index is 1.97. The quantitative estimate of drug-likeness (QED) is 0.427. The fraction of sp³-hybridized carbons (Fsp3) is 0.667. The number of hydrogen-bond acceptors (Lipinski definition) is 0. The van der Waals surface area contributed by atoms with Crippen LogP contribution in [0.2, 0.25) is 0 Å². The highest BCUT2D eigenvalue weighted by Crippen LogP contribution is 1.67. The Kier molecular flexibility index (Phi) is 2.88. The molecule has 0 amide bonds. The minimum absolute atomic E-state index is 0.306. The molecule has 4 heavy (non-hydrogen) atoms. The van der Waals surface area contributed by atoms with Crippen molar-refractivity contribution >= 4 is 0 Å². The Labute approximate surface area is 25.6 Å². The van der Waals surface area contributed by atoms with E-state index in [1.54, 1.807) is 6.92 Å². The van der Waals surface area contributed by atoms with Crippen molar-refractivity contribution in [2.75, 3.05) is 6.67 Å². The van der Waals surface area contributed by atoms with Crippen molar-refractivity contribution in [2.45, 2.75) is 6.92 Å². The summed E-state index contributed by atoms with van der Waals surface area (Å²) in [7, 11) is 0. The Bertz CT molecular complexity index is 5.25. The highest BCUT2D eigenvalue weighted by molar-refractivity contribution is 4.46. The maximum absolute atomic E-state index is 10.7. The molecule has 0 rings (SSSR count). The second-order valence-electron chi connectivity index (χ2n) is 0.563. The molecular formula is C3H6F. The molecule has 0 aliphatic heterocycles. The predicted octanol–water partition coefficient (Wildman–Crippen LogP) is 1.18. The van der Waals surface area contributed by atoms with Crippen LogP contribution in [0.15, 0.2) is 0 Å². The van der Waals surface area contributed by atoms with E-state index < -0.39 is 0 Å². The van der Waals surface area contributed by atoms with E-state index in [2.05, 4.69) is 0 Å². The Morgan fingerprint density at radius 1 is 2.00 bits per heavy atom. The SMILES string of the molecule is C[CH]CF. The molecule has 25 valence electrons. The standard InChI is InChI=1S/C3H6F/c1-2-3-4/h2H,3H2,1H3. The van der Waals surface area contributed by atoms with Crippen molar-refractivity contribution in [2.24, 2.45) is 0 Å². The number of halogens is 1. The summed E-state index contributed by atoms with van der Waals surface area (Å²) in [5.41, 5.74) is 0. The zero-order chi connectivity index (χ0) is 3.41. The van der Waals surface area contributed by atoms with Crippen LogP contribution in [0.1, 0.15) is 6.92 Å². The van der Waals surface area contributed by atoms with E-state index in [4.69, 9.17) is 0 Å². The molecule has 0 fully saturated rings. The van der Waals surface area contributed by atoms with Gasteiger partial charge in [-0.05, 0) is 6.42 Å². The van der Waals surface area contributed by atoms with Crippen LogP contribution in [0, 0.1) is 6.42 Å². The van der Waals surface area contributed by atoms with Gasteiger partial charge in [-0.25, -0.2) is 0 Å². The van der Waals surface area contributed by atoms with E-state index in [0.717, 1.165) is 0 Å². The maximum atomic E-state index is 10.7. The van der Waals surface area contributed by atoms with Crippen molar-refractivity contribution in [3.63, 3.8) is 0 Å². The Morgan fingerprint density at radius 2 is 2.25 bits per heavy atom. The van der Waals surface area contributed by atoms with Gasteiger partial charge in [-0.3, -0.25) is 4.39 Å². The zero-order valence-electron chi connectivity index (χ0n) is 2.66. The van der Waals surface area contributed by atoms with Crippen molar-refractivity contribution in [1.29, 1.82) is 0 Å². The molecule has 0 heterocycles. The molecule has 0 aliphatic carbocycles. The van der Waals surface area contributed by atoms with E-state index in [9.17, 15) is 4.39 Å². The monoisotopic (exact) mass is 61.0 g/mol. The lowest BCUT2D eigenvalue weighted by Crippen LogP contribution is -1.60. The molecule has 0 aromatic rings. The molecule has 0 aliphatic rings. The van der Waals surface area contributed by atoms with E-state index in [1.807, 2.05) is 0 Å². The molecule has 0 aromatic carbocycles. The highest BCUT2D eigenvalue weighted by atomic mass is 19.1. The van der Waals surface area contributed by atoms with Crippen LogP contribution in [0.4, 0.5) is 4.39 Å². The van der Waals surface area contributed by atoms with Gasteiger partial charge in [0.2, 0.25) is 0 Å². The number of rotatable bonds is 1. The van der Waals surface area contributed by atoms with Crippen molar-refractivity contribution in [3.05, 3.63) is 6.42 Å². The zero-order valence-corrected chi connectivity index (χ0v) is 2.66. The maximum Gasteiger partial charge on any atom is 0.0923 e. The van der Waals surface area contributed by atoms with Crippen molar-refractivity contribution in [3.8, 4) is 0 Å². The molecule has 0 atom stereocenters. The average Bonchev–Trinajstić information content (AvgIpc) is 1.37. The van der Waals surface area contributed by atoms with Crippen LogP contribution in [0.3, 0.4) is 0 Å². The second kappa shape index (κ2) is 2.93. The molecule has 0 bridgehead atoms. The first-order chi connectivity index (χ1) is 1.91. The molecule has 0 N–H and O–H groups in total. The topological polar surface area (TPSA) is 0 Å². The highest BCUT2D eigenvalue weighted by Gasteiger charge is 1.61. The third-order valence-electron chi connectivity index (χ3n) is 0.154. The Morgan fingerprint density at radius 3 is 2.25 bits per heavy atom. The Hall–Kier alpha value is -0.0700. The summed E-state index contributed by atoms with van der Waals surface area (Å²) in [5.74, 6) is 0. The number of alkyl halides is 1. The second-order valence-corrected chi connectivity index (χ2v) is 0.563. The van der Waals surface area contributed by atoms with Crippen molar-refractivity contribution < 1.29 is 4.39 Å². The van der Waals surface area contributed by atoms with E-state index >= 15 is 0 Å². The summed E-state index contributed by atoms with van der Waals surface area (Å²) in [6.45, 7) is 1.38. The number of hydrogen-bond donors (Lipinski definition) is 0. The van der Waals surface area contributed by atoms with Crippen LogP contribution in [-0.4, -0.2) is 6.67 Å². The molecule has 1 radical (unpaired) electrons. The average molecular weight is 61.1 g/mol. The van der Waals surface area contributed by atoms with Gasteiger partial charge in [-0.1, -0.05) is 6.92 Å². The molecule has 0 spiro atoms. The van der Waals surface area contributed by atoms with Crippen LogP contribution in [0.5, 0.6) is 0 Å². The van der Waals surface area contributed by atoms with E-state index in [-0.39, 0.29) is 6.67 Å². The van der Waals surface area contributed by atoms with Gasteiger partial charge in [0, 0.05) is 0 Å². The third-order valence-corrected chi connectivity index (χ3v) is 0.154. The molecule has 0 nitrogen and oxygen atoms in total. The summed E-state index contributed by atoms with van der Waals surface area (Å²) in [4.78, 5) is 0. The van der Waals surface area contributed by atoms with Gasteiger partial charge in [0.1, 0.15) is 0 Å². The summed E-state index contributed by atoms with van der Waals surface area (Å²) in [5, 5.41) is 0. The lowest BCUT2D eigenvalue weighted by molar-refractivity contribution is 0.539. The van der Waals surface area contributed by atoms with Gasteiger partial charge in [-0.15, -0.1) is 0 Å². The molecular weight excluding hydrogens is 55.0 g/mol. The van der Waals surface area contributed by atoms with Gasteiger partial charge in [-0.2, -0.15) is 0 Å². The van der Waals surface area contributed by atoms with Gasteiger partial charge in [0.05, 0.1) is 6.67 Å². The normalized spacial score (nSPS) is 7.50. The van der Waals surface area contributed by atoms with E-state index in [0.29, 0.717) is 0 Å². The fourth-order valence-electron chi connectivity index (χ4n) is 0. The van der Waals surface area contributed by atoms with Crippen LogP contribution < -0.4 is 0 Å². The minimum atomic E-state index is -0.306. The first kappa shape index (κ1) is 3.93. The van der Waals surface area contributed by atoms with Gasteiger partial charge >= 0.3 is 0 Å². The summed E-state index contributed by atoms with van der Waals surface area (Å²) in [6.07, 6.45) is 1.46. The molecule has 1 heteroatoms. The third kappa shape index (κ3) is 1.93. The lowest BCUT2D eigenvalue weighted by Gasteiger charge is -1.64. The molecule has 0 saturated carbocycles. The predicted molar refractivity (Wildman–Crippen MR) is 15.9 cm³/mol. The van der Waals surface area contributed by atoms with Crippen LogP contribution in [-0.2, 0) is 0 Å². The van der Waals surface area contributed by atoms with Gasteiger partial charge in [0.15, 0.2) is 0 Å². The van der Waals surface area contributed by atoms with Gasteiger partial charge < -0.3 is 0 Å². The largest absolute Gasteiger partial charge is 0.251 e. The first-order valence-electron chi connectivity index (χ1n) is 1.25. The first-order valence-corrected chi connectivity index (χ1v) is 1.25. The smallest absolute Gasteiger partial charge is 0.0923 e. The van der Waals surface area contributed by atoms with Crippen LogP contribution >= 0.6 is 0 Å².